The monoisotopic (exact) mass is 262 g/mol. The fourth-order valence-electron chi connectivity index (χ4n) is 1.63. The molecule has 0 fully saturated rings. The first-order chi connectivity index (χ1) is 7.69. The van der Waals surface area contributed by atoms with E-state index in [0.717, 1.165) is 13.0 Å². The van der Waals surface area contributed by atoms with E-state index in [1.54, 1.807) is 0 Å². The first-order valence-corrected chi connectivity index (χ1v) is 6.74. The Hall–Kier alpha value is -0.280. The van der Waals surface area contributed by atoms with E-state index in [0.29, 0.717) is 11.8 Å². The topological polar surface area (TPSA) is 32.3 Å². The van der Waals surface area contributed by atoms with Crippen molar-refractivity contribution in [2.45, 2.75) is 40.2 Å². The van der Waals surface area contributed by atoms with Crippen molar-refractivity contribution in [3.8, 4) is 0 Å². The quantitative estimate of drug-likeness (QED) is 0.715. The molecule has 1 unspecified atom stereocenters. The summed E-state index contributed by atoms with van der Waals surface area (Å²) in [4.78, 5) is 14.2. The van der Waals surface area contributed by atoms with Crippen LogP contribution in [0.4, 0.5) is 0 Å². The van der Waals surface area contributed by atoms with Crippen molar-refractivity contribution < 1.29 is 4.79 Å². The molecule has 0 bridgehead atoms. The molecule has 1 atom stereocenters. The molecule has 0 spiro atoms. The standard InChI is InChI=1S/C13H27ClN2O/c1-10(2)7-11(8-16(5)6)15-12(17)13(3,4)9-14/h10-11H,7-9H2,1-6H3,(H,15,17). The van der Waals surface area contributed by atoms with Gasteiger partial charge in [0.2, 0.25) is 5.91 Å². The van der Waals surface area contributed by atoms with E-state index in [1.165, 1.54) is 0 Å². The highest BCUT2D eigenvalue weighted by Crippen LogP contribution is 2.18. The van der Waals surface area contributed by atoms with Crippen molar-refractivity contribution in [3.05, 3.63) is 0 Å². The van der Waals surface area contributed by atoms with Gasteiger partial charge in [-0.15, -0.1) is 11.6 Å². The summed E-state index contributed by atoms with van der Waals surface area (Å²) in [5, 5.41) is 3.11. The molecule has 0 aliphatic rings. The number of likely N-dealkylation sites (N-methyl/N-ethyl adjacent to an activating group) is 1. The molecule has 0 radical (unpaired) electrons. The van der Waals surface area contributed by atoms with Gasteiger partial charge in [0.1, 0.15) is 0 Å². The van der Waals surface area contributed by atoms with E-state index in [2.05, 4.69) is 24.1 Å². The number of hydrogen-bond acceptors (Lipinski definition) is 2. The van der Waals surface area contributed by atoms with Crippen LogP contribution >= 0.6 is 11.6 Å². The van der Waals surface area contributed by atoms with Crippen LogP contribution in [0.1, 0.15) is 34.1 Å². The molecule has 0 saturated carbocycles. The lowest BCUT2D eigenvalue weighted by Gasteiger charge is -2.28. The van der Waals surface area contributed by atoms with Gasteiger partial charge in [-0.2, -0.15) is 0 Å². The molecular formula is C13H27ClN2O. The van der Waals surface area contributed by atoms with Crippen LogP contribution in [-0.4, -0.2) is 43.4 Å². The third-order valence-electron chi connectivity index (χ3n) is 2.63. The smallest absolute Gasteiger partial charge is 0.227 e. The first-order valence-electron chi connectivity index (χ1n) is 6.20. The van der Waals surface area contributed by atoms with Crippen LogP contribution in [-0.2, 0) is 4.79 Å². The summed E-state index contributed by atoms with van der Waals surface area (Å²) in [5.74, 6) is 0.953. The zero-order valence-corrected chi connectivity index (χ0v) is 12.8. The van der Waals surface area contributed by atoms with Crippen molar-refractivity contribution in [1.82, 2.24) is 10.2 Å². The lowest BCUT2D eigenvalue weighted by molar-refractivity contribution is -0.129. The summed E-state index contributed by atoms with van der Waals surface area (Å²) in [7, 11) is 4.04. The molecule has 0 rings (SSSR count). The fraction of sp³-hybridized carbons (Fsp3) is 0.923. The van der Waals surface area contributed by atoms with Crippen molar-refractivity contribution >= 4 is 17.5 Å². The number of halogens is 1. The molecule has 0 aromatic heterocycles. The Morgan fingerprint density at radius 2 is 1.88 bits per heavy atom. The molecule has 0 aliphatic carbocycles. The maximum absolute atomic E-state index is 12.1. The van der Waals surface area contributed by atoms with Crippen molar-refractivity contribution in [3.63, 3.8) is 0 Å². The number of alkyl halides is 1. The minimum absolute atomic E-state index is 0.0417. The van der Waals surface area contributed by atoms with Crippen LogP contribution in [0.3, 0.4) is 0 Å². The van der Waals surface area contributed by atoms with Crippen LogP contribution in [0.25, 0.3) is 0 Å². The first kappa shape index (κ1) is 16.7. The third-order valence-corrected chi connectivity index (χ3v) is 3.29. The number of amides is 1. The largest absolute Gasteiger partial charge is 0.352 e. The minimum Gasteiger partial charge on any atom is -0.352 e. The SMILES string of the molecule is CC(C)CC(CN(C)C)NC(=O)C(C)(C)CCl. The summed E-state index contributed by atoms with van der Waals surface area (Å²) in [6.07, 6.45) is 0.988. The molecule has 102 valence electrons. The Balaban J connectivity index is 4.47. The highest BCUT2D eigenvalue weighted by Gasteiger charge is 2.28. The number of rotatable bonds is 7. The average molecular weight is 263 g/mol. The molecule has 0 saturated heterocycles. The summed E-state index contributed by atoms with van der Waals surface area (Å²) < 4.78 is 0. The summed E-state index contributed by atoms with van der Waals surface area (Å²) in [5.41, 5.74) is -0.497. The Labute approximate surface area is 111 Å². The van der Waals surface area contributed by atoms with Crippen molar-refractivity contribution in [2.24, 2.45) is 11.3 Å². The molecule has 17 heavy (non-hydrogen) atoms. The number of nitrogens with one attached hydrogen (secondary N) is 1. The van der Waals surface area contributed by atoms with Crippen LogP contribution < -0.4 is 5.32 Å². The Kier molecular flexibility index (Phi) is 7.10. The lowest BCUT2D eigenvalue weighted by Crippen LogP contribution is -2.48. The van der Waals surface area contributed by atoms with Gasteiger partial charge in [-0.05, 0) is 40.3 Å². The van der Waals surface area contributed by atoms with Gasteiger partial charge in [-0.25, -0.2) is 0 Å². The fourth-order valence-corrected chi connectivity index (χ4v) is 1.75. The van der Waals surface area contributed by atoms with Crippen LogP contribution in [0.15, 0.2) is 0 Å². The van der Waals surface area contributed by atoms with Crippen molar-refractivity contribution in [1.29, 1.82) is 0 Å². The van der Waals surface area contributed by atoms with Gasteiger partial charge in [0.25, 0.3) is 0 Å². The molecule has 4 heteroatoms. The van der Waals surface area contributed by atoms with Crippen LogP contribution in [0, 0.1) is 11.3 Å². The maximum Gasteiger partial charge on any atom is 0.227 e. The van der Waals surface area contributed by atoms with E-state index in [9.17, 15) is 4.79 Å². The van der Waals surface area contributed by atoms with Gasteiger partial charge in [0.05, 0.1) is 5.41 Å². The van der Waals surface area contributed by atoms with Gasteiger partial charge in [0.15, 0.2) is 0 Å². The molecule has 0 aromatic rings. The number of nitrogens with zero attached hydrogens (tertiary/aromatic N) is 1. The highest BCUT2D eigenvalue weighted by molar-refractivity contribution is 6.19. The molecular weight excluding hydrogens is 236 g/mol. The van der Waals surface area contributed by atoms with E-state index in [1.807, 2.05) is 27.9 Å². The average Bonchev–Trinajstić information content (AvgIpc) is 2.15. The van der Waals surface area contributed by atoms with E-state index in [4.69, 9.17) is 11.6 Å². The Bertz CT molecular complexity index is 230. The van der Waals surface area contributed by atoms with Gasteiger partial charge in [-0.3, -0.25) is 4.79 Å². The molecule has 1 amide bonds. The lowest BCUT2D eigenvalue weighted by atomic mass is 9.94. The predicted molar refractivity (Wildman–Crippen MR) is 74.4 cm³/mol. The second-order valence-corrected chi connectivity index (χ2v) is 6.35. The Morgan fingerprint density at radius 3 is 2.24 bits per heavy atom. The second-order valence-electron chi connectivity index (χ2n) is 6.08. The summed E-state index contributed by atoms with van der Waals surface area (Å²) >= 11 is 5.81. The minimum atomic E-state index is -0.497. The summed E-state index contributed by atoms with van der Waals surface area (Å²) in [6.45, 7) is 8.94. The predicted octanol–water partition coefficient (Wildman–Crippen LogP) is 2.34. The van der Waals surface area contributed by atoms with Crippen LogP contribution in [0.2, 0.25) is 0 Å². The third kappa shape index (κ3) is 6.89. The van der Waals surface area contributed by atoms with Crippen LogP contribution in [0.5, 0.6) is 0 Å². The second kappa shape index (κ2) is 7.22. The van der Waals surface area contributed by atoms with E-state index in [-0.39, 0.29) is 11.9 Å². The number of hydrogen-bond donors (Lipinski definition) is 1. The van der Waals surface area contributed by atoms with Gasteiger partial charge in [0, 0.05) is 18.5 Å². The Morgan fingerprint density at radius 1 is 1.35 bits per heavy atom. The molecule has 0 aliphatic heterocycles. The molecule has 0 aromatic carbocycles. The molecule has 3 nitrogen and oxygen atoms in total. The van der Waals surface area contributed by atoms with E-state index < -0.39 is 5.41 Å². The van der Waals surface area contributed by atoms with Gasteiger partial charge in [-0.1, -0.05) is 13.8 Å². The zero-order chi connectivity index (χ0) is 13.6. The number of carbonyl (C=O) groups is 1. The van der Waals surface area contributed by atoms with E-state index >= 15 is 0 Å². The summed E-state index contributed by atoms with van der Waals surface area (Å²) in [6, 6.07) is 0.194. The highest BCUT2D eigenvalue weighted by atomic mass is 35.5. The van der Waals surface area contributed by atoms with Crippen molar-refractivity contribution in [2.75, 3.05) is 26.5 Å². The maximum atomic E-state index is 12.1. The molecule has 1 N–H and O–H groups in total. The van der Waals surface area contributed by atoms with Gasteiger partial charge >= 0.3 is 0 Å². The van der Waals surface area contributed by atoms with Gasteiger partial charge < -0.3 is 10.2 Å². The number of carbonyl (C=O) groups excluding carboxylic acids is 1. The molecule has 0 heterocycles. The zero-order valence-electron chi connectivity index (χ0n) is 12.0. The normalized spacial score (nSPS) is 14.2.